The Hall–Kier alpha value is -2.73. The zero-order valence-corrected chi connectivity index (χ0v) is 21.6. The maximum atomic E-state index is 13.6. The highest BCUT2D eigenvalue weighted by Crippen LogP contribution is 2.42. The smallest absolute Gasteiger partial charge is 0.261 e. The summed E-state index contributed by atoms with van der Waals surface area (Å²) in [6.45, 7) is 7.50. The van der Waals surface area contributed by atoms with Crippen molar-refractivity contribution in [1.29, 1.82) is 0 Å². The number of piperazine rings is 1. The molecular weight excluding hydrogens is 454 g/mol. The van der Waals surface area contributed by atoms with Crippen molar-refractivity contribution in [3.63, 3.8) is 0 Å². The first kappa shape index (κ1) is 24.0. The van der Waals surface area contributed by atoms with Gasteiger partial charge < -0.3 is 14.7 Å². The van der Waals surface area contributed by atoms with Crippen molar-refractivity contribution in [1.82, 2.24) is 9.80 Å². The normalized spacial score (nSPS) is 24.0. The Morgan fingerprint density at radius 2 is 1.74 bits per heavy atom. The quantitative estimate of drug-likeness (QED) is 0.574. The summed E-state index contributed by atoms with van der Waals surface area (Å²) in [5.74, 6) is 0.0959. The molecule has 0 bridgehead atoms. The van der Waals surface area contributed by atoms with Gasteiger partial charge in [0.15, 0.2) is 0 Å². The first-order valence-electron chi connectivity index (χ1n) is 12.8. The highest BCUT2D eigenvalue weighted by molar-refractivity contribution is 8.04. The third-order valence-corrected chi connectivity index (χ3v) is 8.96. The molecule has 3 fully saturated rings. The first-order chi connectivity index (χ1) is 17.0. The van der Waals surface area contributed by atoms with Crippen molar-refractivity contribution < 1.29 is 9.59 Å². The Bertz CT molecular complexity index is 1110. The van der Waals surface area contributed by atoms with Gasteiger partial charge in [0.2, 0.25) is 5.91 Å². The molecule has 0 N–H and O–H groups in total. The molecule has 5 rings (SSSR count). The maximum Gasteiger partial charge on any atom is 0.261 e. The van der Waals surface area contributed by atoms with Gasteiger partial charge in [0.1, 0.15) is 6.54 Å². The van der Waals surface area contributed by atoms with Crippen molar-refractivity contribution in [2.75, 3.05) is 37.6 Å². The lowest BCUT2D eigenvalue weighted by molar-refractivity contribution is -0.140. The van der Waals surface area contributed by atoms with Crippen LogP contribution in [-0.4, -0.2) is 65.6 Å². The van der Waals surface area contributed by atoms with E-state index in [1.54, 1.807) is 11.8 Å². The monoisotopic (exact) mass is 489 g/mol. The molecule has 1 saturated carbocycles. The van der Waals surface area contributed by atoms with Gasteiger partial charge in [0.25, 0.3) is 5.91 Å². The van der Waals surface area contributed by atoms with Crippen LogP contribution in [0.1, 0.15) is 42.4 Å². The molecule has 2 aliphatic heterocycles. The number of hydrogen-bond donors (Lipinski definition) is 0. The van der Waals surface area contributed by atoms with E-state index < -0.39 is 0 Å². The van der Waals surface area contributed by atoms with Crippen LogP contribution in [-0.2, 0) is 9.59 Å². The van der Waals surface area contributed by atoms with E-state index >= 15 is 0 Å². The Morgan fingerprint density at radius 1 is 1.00 bits per heavy atom. The number of fused-ring (bicyclic) bond motifs is 1. The number of amides is 2. The second kappa shape index (κ2) is 10.5. The third kappa shape index (κ3) is 5.27. The molecule has 2 amide bonds. The third-order valence-electron chi connectivity index (χ3n) is 7.56. The number of benzene rings is 2. The maximum absolute atomic E-state index is 13.6. The molecule has 2 unspecified atom stereocenters. The Morgan fingerprint density at radius 3 is 2.51 bits per heavy atom. The van der Waals surface area contributed by atoms with Crippen molar-refractivity contribution >= 4 is 35.3 Å². The molecule has 3 aliphatic rings. The summed E-state index contributed by atoms with van der Waals surface area (Å²) < 4.78 is 0. The number of thioether (sulfide) groups is 1. The molecule has 184 valence electrons. The summed E-state index contributed by atoms with van der Waals surface area (Å²) in [4.78, 5) is 34.0. The molecule has 2 aromatic rings. The Balaban J connectivity index is 1.28. The standard InChI is InChI=1S/C29H35N3O2S/c1-21-12-13-22(2)25(18-21)30-14-16-31(17-15-30)28(33)20-32-24-10-6-7-11-26(24)35-27(29(32)34)19-23-8-4-3-5-9-23/h3-5,8-9,12-13,18-19,24,26H,6-7,10-11,14-17,20H2,1-2H3/b27-19-. The summed E-state index contributed by atoms with van der Waals surface area (Å²) in [5.41, 5.74) is 4.83. The van der Waals surface area contributed by atoms with Crippen LogP contribution in [0.3, 0.4) is 0 Å². The van der Waals surface area contributed by atoms with E-state index in [1.165, 1.54) is 23.2 Å². The van der Waals surface area contributed by atoms with Crippen molar-refractivity contribution in [2.24, 2.45) is 0 Å². The average molecular weight is 490 g/mol. The van der Waals surface area contributed by atoms with Crippen LogP contribution in [0.4, 0.5) is 5.69 Å². The van der Waals surface area contributed by atoms with Crippen molar-refractivity contribution in [2.45, 2.75) is 50.8 Å². The van der Waals surface area contributed by atoms with E-state index in [-0.39, 0.29) is 24.4 Å². The summed E-state index contributed by atoms with van der Waals surface area (Å²) in [6.07, 6.45) is 6.43. The summed E-state index contributed by atoms with van der Waals surface area (Å²) in [5, 5.41) is 0.380. The average Bonchev–Trinajstić information content (AvgIpc) is 2.88. The van der Waals surface area contributed by atoms with Gasteiger partial charge in [0.05, 0.1) is 4.91 Å². The van der Waals surface area contributed by atoms with E-state index in [4.69, 9.17) is 0 Å². The fourth-order valence-electron chi connectivity index (χ4n) is 5.56. The predicted molar refractivity (Wildman–Crippen MR) is 144 cm³/mol. The van der Waals surface area contributed by atoms with Gasteiger partial charge in [-0.05, 0) is 55.5 Å². The SMILES string of the molecule is Cc1ccc(C)c(N2CCN(C(=O)CN3C(=O)/C(=C/c4ccccc4)SC4CCCCC43)CC2)c1. The number of rotatable bonds is 4. The van der Waals surface area contributed by atoms with Crippen LogP contribution in [0.2, 0.25) is 0 Å². The molecule has 2 aromatic carbocycles. The first-order valence-corrected chi connectivity index (χ1v) is 13.7. The lowest BCUT2D eigenvalue weighted by Crippen LogP contribution is -2.57. The lowest BCUT2D eigenvalue weighted by Gasteiger charge is -2.45. The van der Waals surface area contributed by atoms with E-state index in [0.29, 0.717) is 18.3 Å². The molecule has 0 aromatic heterocycles. The van der Waals surface area contributed by atoms with Crippen LogP contribution in [0.5, 0.6) is 0 Å². The van der Waals surface area contributed by atoms with E-state index in [9.17, 15) is 9.59 Å². The van der Waals surface area contributed by atoms with Crippen LogP contribution >= 0.6 is 11.8 Å². The molecule has 2 saturated heterocycles. The highest BCUT2D eigenvalue weighted by Gasteiger charge is 2.41. The zero-order valence-electron chi connectivity index (χ0n) is 20.8. The topological polar surface area (TPSA) is 43.9 Å². The summed E-state index contributed by atoms with van der Waals surface area (Å²) >= 11 is 1.72. The van der Waals surface area contributed by atoms with Gasteiger partial charge in [-0.1, -0.05) is 55.3 Å². The number of nitrogens with zero attached hydrogens (tertiary/aromatic N) is 3. The number of anilines is 1. The lowest BCUT2D eigenvalue weighted by atomic mass is 9.93. The second-order valence-electron chi connectivity index (χ2n) is 10.0. The molecular formula is C29H35N3O2S. The van der Waals surface area contributed by atoms with Gasteiger partial charge in [-0.15, -0.1) is 11.8 Å². The van der Waals surface area contributed by atoms with Gasteiger partial charge in [0, 0.05) is 43.2 Å². The van der Waals surface area contributed by atoms with Gasteiger partial charge in [-0.3, -0.25) is 9.59 Å². The van der Waals surface area contributed by atoms with Crippen molar-refractivity contribution in [3.05, 3.63) is 70.1 Å². The largest absolute Gasteiger partial charge is 0.368 e. The van der Waals surface area contributed by atoms with E-state index in [2.05, 4.69) is 36.9 Å². The fraction of sp³-hybridized carbons (Fsp3) is 0.448. The number of aryl methyl sites for hydroxylation is 2. The number of carbonyl (C=O) groups excluding carboxylic acids is 2. The van der Waals surface area contributed by atoms with Gasteiger partial charge in [-0.25, -0.2) is 0 Å². The summed E-state index contributed by atoms with van der Waals surface area (Å²) in [6, 6.07) is 16.7. The molecule has 1 aliphatic carbocycles. The molecule has 6 heteroatoms. The molecule has 2 heterocycles. The van der Waals surface area contributed by atoms with Crippen LogP contribution in [0, 0.1) is 13.8 Å². The minimum absolute atomic E-state index is 0.0179. The number of hydrogen-bond acceptors (Lipinski definition) is 4. The summed E-state index contributed by atoms with van der Waals surface area (Å²) in [7, 11) is 0. The predicted octanol–water partition coefficient (Wildman–Crippen LogP) is 4.88. The molecule has 2 atom stereocenters. The Labute approximate surface area is 213 Å². The minimum atomic E-state index is 0.0179. The van der Waals surface area contributed by atoms with Gasteiger partial charge >= 0.3 is 0 Å². The van der Waals surface area contributed by atoms with Gasteiger partial charge in [-0.2, -0.15) is 0 Å². The molecule has 0 radical (unpaired) electrons. The van der Waals surface area contributed by atoms with Crippen LogP contribution in [0.25, 0.3) is 6.08 Å². The molecule has 0 spiro atoms. The minimum Gasteiger partial charge on any atom is -0.368 e. The van der Waals surface area contributed by atoms with E-state index in [0.717, 1.165) is 42.8 Å². The zero-order chi connectivity index (χ0) is 24.4. The highest BCUT2D eigenvalue weighted by atomic mass is 32.2. The Kier molecular flexibility index (Phi) is 7.19. The molecule has 35 heavy (non-hydrogen) atoms. The van der Waals surface area contributed by atoms with Crippen molar-refractivity contribution in [3.8, 4) is 0 Å². The second-order valence-corrected chi connectivity index (χ2v) is 11.3. The van der Waals surface area contributed by atoms with Crippen LogP contribution < -0.4 is 4.90 Å². The fourth-order valence-corrected chi connectivity index (χ4v) is 7.04. The number of carbonyl (C=O) groups is 2. The van der Waals surface area contributed by atoms with E-state index in [1.807, 2.05) is 46.2 Å². The van der Waals surface area contributed by atoms with Crippen LogP contribution in [0.15, 0.2) is 53.4 Å². The molecule has 5 nitrogen and oxygen atoms in total.